The second kappa shape index (κ2) is 14.1. The van der Waals surface area contributed by atoms with Gasteiger partial charge in [-0.1, -0.05) is 37.1 Å². The summed E-state index contributed by atoms with van der Waals surface area (Å²) in [5, 5.41) is 24.7. The van der Waals surface area contributed by atoms with Gasteiger partial charge in [-0.25, -0.2) is 13.8 Å². The first-order valence-corrected chi connectivity index (χ1v) is 13.9. The molecule has 3 aromatic heterocycles. The van der Waals surface area contributed by atoms with Crippen LogP contribution in [0.4, 0.5) is 0 Å². The molecule has 0 radical (unpaired) electrons. The highest BCUT2D eigenvalue weighted by atomic mass is 16.4. The number of pyridine rings is 1. The summed E-state index contributed by atoms with van der Waals surface area (Å²) in [6.45, 7) is 0.907. The van der Waals surface area contributed by atoms with E-state index in [-0.39, 0.29) is 12.8 Å². The van der Waals surface area contributed by atoms with E-state index in [0.29, 0.717) is 12.0 Å². The van der Waals surface area contributed by atoms with Crippen LogP contribution in [0.2, 0.25) is 0 Å². The lowest BCUT2D eigenvalue weighted by Crippen LogP contribution is -2.52. The maximum absolute atomic E-state index is 12.9. The molecule has 3 heterocycles. The standard InChI is InChI=1S/C30H35N5O6/c36-26(12-4-2-1-3-8-14-34-16-17-35-15-9-7-13-27(34)35)32-24(19-28(37)38)29(39)33-25(30(40)41)18-21-20-31-23-11-6-5-10-22(21)23/h5-7,9-11,13,15-17,20,24-25,31H,1-4,8,12,14,18-19H2,(H3-,32,33,36,37,38,39,40,41)/p+1/t24-,25-/m0/s1. The average Bonchev–Trinajstić information content (AvgIpc) is 3.55. The Morgan fingerprint density at radius 3 is 2.44 bits per heavy atom. The number of imidazole rings is 1. The van der Waals surface area contributed by atoms with Crippen LogP contribution >= 0.6 is 0 Å². The zero-order chi connectivity index (χ0) is 29.2. The fourth-order valence-electron chi connectivity index (χ4n) is 4.98. The van der Waals surface area contributed by atoms with Crippen LogP contribution in [0, 0.1) is 0 Å². The molecule has 0 aliphatic carbocycles. The zero-order valence-electron chi connectivity index (χ0n) is 22.8. The van der Waals surface area contributed by atoms with Gasteiger partial charge in [0.2, 0.25) is 11.8 Å². The van der Waals surface area contributed by atoms with Crippen molar-refractivity contribution in [3.63, 3.8) is 0 Å². The second-order valence-electron chi connectivity index (χ2n) is 10.2. The predicted molar refractivity (Wildman–Crippen MR) is 151 cm³/mol. The van der Waals surface area contributed by atoms with E-state index in [4.69, 9.17) is 0 Å². The molecule has 2 amide bonds. The molecule has 216 valence electrons. The monoisotopic (exact) mass is 562 g/mol. The molecule has 0 saturated carbocycles. The van der Waals surface area contributed by atoms with Gasteiger partial charge in [-0.05, 0) is 37.0 Å². The van der Waals surface area contributed by atoms with Gasteiger partial charge in [-0.2, -0.15) is 0 Å². The Hall–Kier alpha value is -4.67. The van der Waals surface area contributed by atoms with Crippen molar-refractivity contribution in [1.82, 2.24) is 20.0 Å². The number of aliphatic carboxylic acids is 2. The van der Waals surface area contributed by atoms with Crippen LogP contribution in [-0.2, 0) is 32.1 Å². The quantitative estimate of drug-likeness (QED) is 0.104. The first-order valence-electron chi connectivity index (χ1n) is 13.9. The van der Waals surface area contributed by atoms with Crippen LogP contribution in [0.1, 0.15) is 50.5 Å². The first kappa shape index (κ1) is 29.3. The van der Waals surface area contributed by atoms with Crippen LogP contribution in [0.25, 0.3) is 16.6 Å². The largest absolute Gasteiger partial charge is 0.481 e. The first-order chi connectivity index (χ1) is 19.8. The molecule has 0 spiro atoms. The summed E-state index contributed by atoms with van der Waals surface area (Å²) in [5.41, 5.74) is 2.67. The van der Waals surface area contributed by atoms with Gasteiger partial charge in [-0.3, -0.25) is 14.4 Å². The molecule has 1 aromatic carbocycles. The Balaban J connectivity index is 1.21. The van der Waals surface area contributed by atoms with Gasteiger partial charge in [0.05, 0.1) is 19.2 Å². The van der Waals surface area contributed by atoms with Crippen LogP contribution in [-0.4, -0.2) is 55.4 Å². The van der Waals surface area contributed by atoms with Gasteiger partial charge in [0, 0.05) is 36.0 Å². The SMILES string of the molecule is O=C(O)C[C@H](NC(=O)CCCCCCC[n+]1ccn2ccccc21)C(=O)N[C@@H](Cc1c[nH]c2ccccc12)C(=O)O. The number of fused-ring (bicyclic) bond motifs is 2. The number of hydrogen-bond donors (Lipinski definition) is 5. The number of nitrogens with zero attached hydrogens (tertiary/aromatic N) is 2. The number of H-pyrrole nitrogens is 1. The summed E-state index contributed by atoms with van der Waals surface area (Å²) in [6.07, 6.45) is 11.7. The molecule has 41 heavy (non-hydrogen) atoms. The smallest absolute Gasteiger partial charge is 0.326 e. The summed E-state index contributed by atoms with van der Waals surface area (Å²) >= 11 is 0. The molecule has 11 heteroatoms. The summed E-state index contributed by atoms with van der Waals surface area (Å²) in [7, 11) is 0. The van der Waals surface area contributed by atoms with Crippen molar-refractivity contribution >= 4 is 40.3 Å². The second-order valence-corrected chi connectivity index (χ2v) is 10.2. The van der Waals surface area contributed by atoms with Crippen molar-refractivity contribution in [3.8, 4) is 0 Å². The van der Waals surface area contributed by atoms with Crippen molar-refractivity contribution in [2.45, 2.75) is 70.0 Å². The molecule has 0 aliphatic rings. The number of carboxylic acids is 2. The Labute approximate surface area is 237 Å². The molecule has 5 N–H and O–H groups in total. The third-order valence-electron chi connectivity index (χ3n) is 7.12. The Morgan fingerprint density at radius 2 is 1.63 bits per heavy atom. The maximum atomic E-state index is 12.9. The van der Waals surface area contributed by atoms with Gasteiger partial charge in [0.25, 0.3) is 5.65 Å². The molecule has 0 aliphatic heterocycles. The number of amides is 2. The normalized spacial score (nSPS) is 12.7. The van der Waals surface area contributed by atoms with Crippen molar-refractivity contribution in [2.24, 2.45) is 0 Å². The highest BCUT2D eigenvalue weighted by molar-refractivity contribution is 5.93. The minimum atomic E-state index is -1.38. The molecule has 0 fully saturated rings. The summed E-state index contributed by atoms with van der Waals surface area (Å²) < 4.78 is 4.28. The van der Waals surface area contributed by atoms with Crippen molar-refractivity contribution in [3.05, 3.63) is 72.8 Å². The molecule has 2 atom stereocenters. The summed E-state index contributed by atoms with van der Waals surface area (Å²) in [4.78, 5) is 51.8. The third kappa shape index (κ3) is 8.17. The number of hydrogen-bond acceptors (Lipinski definition) is 4. The molecular formula is C30H36N5O6+. The number of carbonyl (C=O) groups is 4. The minimum Gasteiger partial charge on any atom is -0.481 e. The zero-order valence-corrected chi connectivity index (χ0v) is 22.8. The molecule has 0 saturated heterocycles. The molecular weight excluding hydrogens is 526 g/mol. The van der Waals surface area contributed by atoms with E-state index < -0.39 is 42.3 Å². The van der Waals surface area contributed by atoms with Crippen molar-refractivity contribution < 1.29 is 34.0 Å². The molecule has 11 nitrogen and oxygen atoms in total. The number of rotatable bonds is 16. The van der Waals surface area contributed by atoms with Gasteiger partial charge >= 0.3 is 11.9 Å². The third-order valence-corrected chi connectivity index (χ3v) is 7.12. The molecule has 0 bridgehead atoms. The summed E-state index contributed by atoms with van der Waals surface area (Å²) in [5.74, 6) is -3.81. The van der Waals surface area contributed by atoms with Crippen LogP contribution < -0.4 is 15.2 Å². The Morgan fingerprint density at radius 1 is 0.878 bits per heavy atom. The van der Waals surface area contributed by atoms with Crippen molar-refractivity contribution in [1.29, 1.82) is 0 Å². The van der Waals surface area contributed by atoms with Gasteiger partial charge in [0.15, 0.2) is 0 Å². The number of benzene rings is 1. The molecule has 4 aromatic rings. The lowest BCUT2D eigenvalue weighted by Gasteiger charge is -2.20. The van der Waals surface area contributed by atoms with Crippen LogP contribution in [0.3, 0.4) is 0 Å². The van der Waals surface area contributed by atoms with E-state index in [0.717, 1.165) is 48.8 Å². The predicted octanol–water partition coefficient (Wildman–Crippen LogP) is 2.82. The summed E-state index contributed by atoms with van der Waals surface area (Å²) in [6, 6.07) is 10.8. The highest BCUT2D eigenvalue weighted by Crippen LogP contribution is 2.19. The number of carboxylic acid groups (broad SMARTS) is 2. The lowest BCUT2D eigenvalue weighted by atomic mass is 10.0. The fraction of sp³-hybridized carbons (Fsp3) is 0.367. The maximum Gasteiger partial charge on any atom is 0.326 e. The number of unbranched alkanes of at least 4 members (excludes halogenated alkanes) is 4. The van der Waals surface area contributed by atoms with Crippen molar-refractivity contribution in [2.75, 3.05) is 0 Å². The Bertz CT molecular complexity index is 1510. The number of para-hydroxylation sites is 1. The molecule has 4 rings (SSSR count). The van der Waals surface area contributed by atoms with E-state index in [1.807, 2.05) is 48.8 Å². The number of nitrogens with one attached hydrogen (secondary N) is 3. The van der Waals surface area contributed by atoms with E-state index in [2.05, 4.69) is 36.8 Å². The highest BCUT2D eigenvalue weighted by Gasteiger charge is 2.29. The van der Waals surface area contributed by atoms with E-state index in [1.165, 1.54) is 0 Å². The van der Waals surface area contributed by atoms with Gasteiger partial charge in [0.1, 0.15) is 24.5 Å². The van der Waals surface area contributed by atoms with Gasteiger partial charge < -0.3 is 25.8 Å². The van der Waals surface area contributed by atoms with Gasteiger partial charge in [-0.15, -0.1) is 0 Å². The number of aromatic nitrogens is 3. The van der Waals surface area contributed by atoms with E-state index in [1.54, 1.807) is 6.20 Å². The van der Waals surface area contributed by atoms with E-state index >= 15 is 0 Å². The average molecular weight is 563 g/mol. The number of aromatic amines is 1. The Kier molecular flexibility index (Phi) is 10.1. The number of aryl methyl sites for hydroxylation is 1. The topological polar surface area (TPSA) is 157 Å². The van der Waals surface area contributed by atoms with E-state index in [9.17, 15) is 29.4 Å². The molecule has 0 unspecified atom stereocenters. The lowest BCUT2D eigenvalue weighted by molar-refractivity contribution is -0.671. The number of carbonyl (C=O) groups excluding carboxylic acids is 2. The van der Waals surface area contributed by atoms with Crippen LogP contribution in [0.15, 0.2) is 67.3 Å². The van der Waals surface area contributed by atoms with Crippen LogP contribution in [0.5, 0.6) is 0 Å². The fourth-order valence-corrected chi connectivity index (χ4v) is 4.98. The minimum absolute atomic E-state index is 0.00177.